The van der Waals surface area contributed by atoms with E-state index in [1.54, 1.807) is 18.3 Å². The van der Waals surface area contributed by atoms with Crippen molar-refractivity contribution >= 4 is 23.4 Å². The fourth-order valence-electron chi connectivity index (χ4n) is 4.11. The van der Waals surface area contributed by atoms with Crippen molar-refractivity contribution in [3.8, 4) is 5.75 Å². The number of aliphatic hydroxyl groups is 1. The highest BCUT2D eigenvalue weighted by Crippen LogP contribution is 2.39. The lowest BCUT2D eigenvalue weighted by Gasteiger charge is -2.35. The lowest BCUT2D eigenvalue weighted by Crippen LogP contribution is -2.42. The topological polar surface area (TPSA) is 84.8 Å². The predicted molar refractivity (Wildman–Crippen MR) is 104 cm³/mol. The zero-order chi connectivity index (χ0) is 19.7. The Bertz CT molecular complexity index is 848. The molecule has 4 rings (SSSR count). The quantitative estimate of drug-likeness (QED) is 0.785. The van der Waals surface area contributed by atoms with E-state index in [1.807, 2.05) is 12.1 Å². The number of esters is 1. The Kier molecular flexibility index (Phi) is 5.37. The van der Waals surface area contributed by atoms with E-state index >= 15 is 0 Å². The van der Waals surface area contributed by atoms with E-state index in [0.717, 1.165) is 25.3 Å². The number of aromatic nitrogens is 2. The lowest BCUT2D eigenvalue weighted by molar-refractivity contribution is -0.0231. The summed E-state index contributed by atoms with van der Waals surface area (Å²) in [6.45, 7) is 1.62. The van der Waals surface area contributed by atoms with Crippen molar-refractivity contribution in [2.75, 3.05) is 25.1 Å². The van der Waals surface area contributed by atoms with Gasteiger partial charge in [0.2, 0.25) is 0 Å². The zero-order valence-corrected chi connectivity index (χ0v) is 16.2. The number of carbonyl (C=O) groups is 1. The van der Waals surface area contributed by atoms with Gasteiger partial charge in [-0.25, -0.2) is 14.8 Å². The van der Waals surface area contributed by atoms with Gasteiger partial charge < -0.3 is 19.5 Å². The van der Waals surface area contributed by atoms with Crippen LogP contribution in [0.2, 0.25) is 5.02 Å². The molecule has 2 aliphatic rings. The van der Waals surface area contributed by atoms with Crippen molar-refractivity contribution in [1.82, 2.24) is 9.97 Å². The SMILES string of the molecule is COC(=O)c1cnc(N2C[C@H]3C[C@@H](Oc4cccc(Cl)c4)[C@H](O)C[C@H]3C2)cn1. The molecule has 0 radical (unpaired) electrons. The van der Waals surface area contributed by atoms with Crippen molar-refractivity contribution in [3.05, 3.63) is 47.4 Å². The smallest absolute Gasteiger partial charge is 0.358 e. The summed E-state index contributed by atoms with van der Waals surface area (Å²) in [5, 5.41) is 11.2. The first kappa shape index (κ1) is 19.0. The molecular formula is C20H22ClN3O4. The van der Waals surface area contributed by atoms with Gasteiger partial charge in [-0.05, 0) is 42.9 Å². The number of methoxy groups -OCH3 is 1. The third-order valence-electron chi connectivity index (χ3n) is 5.53. The largest absolute Gasteiger partial charge is 0.488 e. The lowest BCUT2D eigenvalue weighted by atomic mass is 9.78. The molecule has 1 aliphatic heterocycles. The van der Waals surface area contributed by atoms with E-state index < -0.39 is 12.1 Å². The fraction of sp³-hybridized carbons (Fsp3) is 0.450. The molecule has 148 valence electrons. The Morgan fingerprint density at radius 1 is 1.21 bits per heavy atom. The van der Waals surface area contributed by atoms with E-state index in [4.69, 9.17) is 16.3 Å². The summed E-state index contributed by atoms with van der Waals surface area (Å²) >= 11 is 6.02. The molecule has 1 aliphatic carbocycles. The molecule has 2 fully saturated rings. The molecule has 1 aromatic heterocycles. The summed E-state index contributed by atoms with van der Waals surface area (Å²) in [7, 11) is 1.32. The minimum atomic E-state index is -0.520. The van der Waals surface area contributed by atoms with Gasteiger partial charge in [-0.1, -0.05) is 17.7 Å². The third kappa shape index (κ3) is 3.91. The maximum Gasteiger partial charge on any atom is 0.358 e. The molecule has 1 saturated carbocycles. The van der Waals surface area contributed by atoms with Crippen molar-refractivity contribution in [1.29, 1.82) is 0 Å². The Hall–Kier alpha value is -2.38. The molecule has 2 heterocycles. The fourth-order valence-corrected chi connectivity index (χ4v) is 4.29. The van der Waals surface area contributed by atoms with E-state index in [-0.39, 0.29) is 11.8 Å². The molecule has 0 bridgehead atoms. The minimum absolute atomic E-state index is 0.188. The van der Waals surface area contributed by atoms with Crippen molar-refractivity contribution < 1.29 is 19.4 Å². The zero-order valence-electron chi connectivity index (χ0n) is 15.5. The summed E-state index contributed by atoms with van der Waals surface area (Å²) in [5.74, 6) is 1.67. The number of hydrogen-bond acceptors (Lipinski definition) is 7. The van der Waals surface area contributed by atoms with Crippen molar-refractivity contribution in [2.24, 2.45) is 11.8 Å². The van der Waals surface area contributed by atoms with Crippen LogP contribution < -0.4 is 9.64 Å². The highest BCUT2D eigenvalue weighted by Gasteiger charge is 2.43. The number of nitrogens with zero attached hydrogens (tertiary/aromatic N) is 3. The standard InChI is InChI=1S/C20H22ClN3O4/c1-27-20(26)16-8-23-19(9-22-16)24-10-12-5-17(25)18(6-13(12)11-24)28-15-4-2-3-14(21)7-15/h2-4,7-9,12-13,17-18,25H,5-6,10-11H2,1H3/t12-,13+,17+,18+/m0/s1. The molecule has 0 spiro atoms. The molecule has 0 unspecified atom stereocenters. The maximum absolute atomic E-state index is 11.5. The van der Waals surface area contributed by atoms with Gasteiger partial charge in [-0.3, -0.25) is 0 Å². The average Bonchev–Trinajstić information content (AvgIpc) is 3.10. The summed E-state index contributed by atoms with van der Waals surface area (Å²) in [6.07, 6.45) is 3.70. The molecular weight excluding hydrogens is 382 g/mol. The number of rotatable bonds is 4. The van der Waals surface area contributed by atoms with Gasteiger partial charge in [-0.2, -0.15) is 0 Å². The number of hydrogen-bond donors (Lipinski definition) is 1. The van der Waals surface area contributed by atoms with Crippen LogP contribution in [0, 0.1) is 11.8 Å². The summed E-state index contributed by atoms with van der Waals surface area (Å²) in [6, 6.07) is 7.25. The predicted octanol–water partition coefficient (Wildman–Crippen LogP) is 2.57. The minimum Gasteiger partial charge on any atom is -0.488 e. The number of aliphatic hydroxyl groups excluding tert-OH is 1. The highest BCUT2D eigenvalue weighted by molar-refractivity contribution is 6.30. The monoisotopic (exact) mass is 403 g/mol. The normalized spacial score (nSPS) is 26.6. The molecule has 4 atom stereocenters. The number of ether oxygens (including phenoxy) is 2. The number of halogens is 1. The summed E-state index contributed by atoms with van der Waals surface area (Å²) in [4.78, 5) is 22.2. The maximum atomic E-state index is 11.5. The Morgan fingerprint density at radius 3 is 2.68 bits per heavy atom. The van der Waals surface area contributed by atoms with E-state index in [2.05, 4.69) is 19.6 Å². The van der Waals surface area contributed by atoms with E-state index in [1.165, 1.54) is 13.3 Å². The molecule has 2 aromatic rings. The first-order valence-electron chi connectivity index (χ1n) is 9.29. The average molecular weight is 404 g/mol. The van der Waals surface area contributed by atoms with Gasteiger partial charge in [-0.15, -0.1) is 0 Å². The Labute approximate surface area is 168 Å². The third-order valence-corrected chi connectivity index (χ3v) is 5.76. The number of benzene rings is 1. The Balaban J connectivity index is 1.42. The Morgan fingerprint density at radius 2 is 2.00 bits per heavy atom. The highest BCUT2D eigenvalue weighted by atomic mass is 35.5. The first-order chi connectivity index (χ1) is 13.5. The number of anilines is 1. The van der Waals surface area contributed by atoms with E-state index in [9.17, 15) is 9.90 Å². The van der Waals surface area contributed by atoms with Crippen molar-refractivity contribution in [2.45, 2.75) is 25.0 Å². The van der Waals surface area contributed by atoms with Crippen LogP contribution in [0.1, 0.15) is 23.3 Å². The van der Waals surface area contributed by atoms with Crippen LogP contribution in [0.4, 0.5) is 5.82 Å². The van der Waals surface area contributed by atoms with Gasteiger partial charge >= 0.3 is 5.97 Å². The van der Waals surface area contributed by atoms with Gasteiger partial charge in [0.15, 0.2) is 5.69 Å². The van der Waals surface area contributed by atoms with Gasteiger partial charge in [0.25, 0.3) is 0 Å². The molecule has 0 amide bonds. The van der Waals surface area contributed by atoms with Crippen LogP contribution in [-0.2, 0) is 4.74 Å². The van der Waals surface area contributed by atoms with E-state index in [0.29, 0.717) is 29.0 Å². The van der Waals surface area contributed by atoms with Crippen LogP contribution in [0.15, 0.2) is 36.7 Å². The molecule has 1 N–H and O–H groups in total. The number of carbonyl (C=O) groups excluding carboxylic acids is 1. The second-order valence-corrected chi connectivity index (χ2v) is 7.77. The molecule has 1 aromatic carbocycles. The molecule has 8 heteroatoms. The molecule has 1 saturated heterocycles. The van der Waals surface area contributed by atoms with Crippen LogP contribution in [0.5, 0.6) is 5.75 Å². The first-order valence-corrected chi connectivity index (χ1v) is 9.67. The van der Waals surface area contributed by atoms with Crippen LogP contribution in [0.3, 0.4) is 0 Å². The number of fused-ring (bicyclic) bond motifs is 1. The van der Waals surface area contributed by atoms with Crippen LogP contribution in [0.25, 0.3) is 0 Å². The molecule has 28 heavy (non-hydrogen) atoms. The van der Waals surface area contributed by atoms with Crippen molar-refractivity contribution in [3.63, 3.8) is 0 Å². The second kappa shape index (κ2) is 7.93. The van der Waals surface area contributed by atoms with Gasteiger partial charge in [0.05, 0.1) is 25.6 Å². The second-order valence-electron chi connectivity index (χ2n) is 7.33. The van der Waals surface area contributed by atoms with Crippen LogP contribution >= 0.6 is 11.6 Å². The van der Waals surface area contributed by atoms with Gasteiger partial charge in [0.1, 0.15) is 17.7 Å². The molecule has 7 nitrogen and oxygen atoms in total. The van der Waals surface area contributed by atoms with Gasteiger partial charge in [0, 0.05) is 18.1 Å². The summed E-state index contributed by atoms with van der Waals surface area (Å²) < 4.78 is 10.7. The van der Waals surface area contributed by atoms with Crippen LogP contribution in [-0.4, -0.2) is 53.5 Å². The summed E-state index contributed by atoms with van der Waals surface area (Å²) in [5.41, 5.74) is 0.188.